The topological polar surface area (TPSA) is 42.1 Å². The van der Waals surface area contributed by atoms with Gasteiger partial charge in [-0.15, -0.1) is 0 Å². The van der Waals surface area contributed by atoms with E-state index in [9.17, 15) is 0 Å². The van der Waals surface area contributed by atoms with Crippen LogP contribution in [-0.2, 0) is 0 Å². The third-order valence-electron chi connectivity index (χ3n) is 3.47. The number of hydrogen-bond acceptors (Lipinski definition) is 3. The Bertz CT molecular complexity index is 314. The van der Waals surface area contributed by atoms with E-state index in [0.717, 1.165) is 12.5 Å². The highest BCUT2D eigenvalue weighted by Crippen LogP contribution is 2.25. The molecule has 1 saturated carbocycles. The molecule has 0 amide bonds. The Kier molecular flexibility index (Phi) is 3.65. The largest absolute Gasteiger partial charge is 0.384 e. The monoisotopic (exact) mass is 219 g/mol. The first-order chi connectivity index (χ1) is 7.75. The van der Waals surface area contributed by atoms with Gasteiger partial charge in [0.05, 0.1) is 11.9 Å². The Morgan fingerprint density at radius 1 is 1.31 bits per heavy atom. The van der Waals surface area contributed by atoms with E-state index < -0.39 is 0 Å². The van der Waals surface area contributed by atoms with Crippen LogP contribution in [0.1, 0.15) is 32.1 Å². The molecule has 1 aromatic heterocycles. The number of anilines is 2. The summed E-state index contributed by atoms with van der Waals surface area (Å²) in [6, 6.07) is 3.91. The maximum atomic E-state index is 5.58. The molecule has 3 nitrogen and oxygen atoms in total. The second-order valence-electron chi connectivity index (χ2n) is 4.83. The van der Waals surface area contributed by atoms with E-state index in [1.165, 1.54) is 37.8 Å². The van der Waals surface area contributed by atoms with Crippen LogP contribution < -0.4 is 10.6 Å². The van der Waals surface area contributed by atoms with E-state index in [1.54, 1.807) is 0 Å². The number of nitrogens with zero attached hydrogens (tertiary/aromatic N) is 2. The molecule has 0 saturated heterocycles. The molecule has 0 atom stereocenters. The summed E-state index contributed by atoms with van der Waals surface area (Å²) in [5.41, 5.74) is 6.75. The Hall–Kier alpha value is -1.25. The fraction of sp³-hybridized carbons (Fsp3) is 0.615. The van der Waals surface area contributed by atoms with Crippen molar-refractivity contribution in [3.8, 4) is 0 Å². The van der Waals surface area contributed by atoms with Crippen molar-refractivity contribution in [3.05, 3.63) is 18.3 Å². The zero-order chi connectivity index (χ0) is 11.4. The quantitative estimate of drug-likeness (QED) is 0.850. The van der Waals surface area contributed by atoms with E-state index in [0.29, 0.717) is 5.82 Å². The minimum atomic E-state index is 0.592. The van der Waals surface area contributed by atoms with Crippen molar-refractivity contribution in [1.82, 2.24) is 4.98 Å². The summed E-state index contributed by atoms with van der Waals surface area (Å²) in [5.74, 6) is 1.45. The van der Waals surface area contributed by atoms with Crippen LogP contribution in [0.5, 0.6) is 0 Å². The van der Waals surface area contributed by atoms with Gasteiger partial charge in [0.1, 0.15) is 5.82 Å². The molecule has 88 valence electrons. The first-order valence-corrected chi connectivity index (χ1v) is 6.18. The Balaban J connectivity index is 1.91. The van der Waals surface area contributed by atoms with Gasteiger partial charge in [-0.05, 0) is 30.9 Å². The molecule has 0 aromatic carbocycles. The van der Waals surface area contributed by atoms with Gasteiger partial charge in [-0.25, -0.2) is 4.98 Å². The lowest BCUT2D eigenvalue weighted by molar-refractivity contribution is 0.362. The normalized spacial score (nSPS) is 17.3. The van der Waals surface area contributed by atoms with Gasteiger partial charge < -0.3 is 10.6 Å². The SMILES string of the molecule is CN(CC1CCCCC1)c1ccc(N)nc1. The van der Waals surface area contributed by atoms with Gasteiger partial charge in [0.2, 0.25) is 0 Å². The molecule has 1 aromatic rings. The zero-order valence-corrected chi connectivity index (χ0v) is 10.0. The summed E-state index contributed by atoms with van der Waals surface area (Å²) in [6.45, 7) is 1.14. The molecular formula is C13H21N3. The van der Waals surface area contributed by atoms with Crippen LogP contribution in [0.2, 0.25) is 0 Å². The number of pyridine rings is 1. The van der Waals surface area contributed by atoms with Gasteiger partial charge >= 0.3 is 0 Å². The zero-order valence-electron chi connectivity index (χ0n) is 10.0. The van der Waals surface area contributed by atoms with E-state index in [-0.39, 0.29) is 0 Å². The van der Waals surface area contributed by atoms with Crippen LogP contribution in [0.4, 0.5) is 11.5 Å². The van der Waals surface area contributed by atoms with E-state index in [1.807, 2.05) is 18.3 Å². The molecule has 1 aliphatic carbocycles. The summed E-state index contributed by atoms with van der Waals surface area (Å²) in [7, 11) is 2.14. The van der Waals surface area contributed by atoms with Crippen LogP contribution in [0.15, 0.2) is 18.3 Å². The predicted octanol–water partition coefficient (Wildman–Crippen LogP) is 2.68. The molecule has 0 spiro atoms. The van der Waals surface area contributed by atoms with Crippen molar-refractivity contribution >= 4 is 11.5 Å². The molecule has 0 bridgehead atoms. The fourth-order valence-corrected chi connectivity index (χ4v) is 2.49. The number of nitrogens with two attached hydrogens (primary N) is 1. The summed E-state index contributed by atoms with van der Waals surface area (Å²) in [6.07, 6.45) is 8.85. The van der Waals surface area contributed by atoms with Crippen molar-refractivity contribution in [2.24, 2.45) is 5.92 Å². The second-order valence-corrected chi connectivity index (χ2v) is 4.83. The average molecular weight is 219 g/mol. The summed E-state index contributed by atoms with van der Waals surface area (Å²) >= 11 is 0. The number of hydrogen-bond donors (Lipinski definition) is 1. The van der Waals surface area contributed by atoms with Crippen molar-refractivity contribution < 1.29 is 0 Å². The average Bonchev–Trinajstić information content (AvgIpc) is 2.31. The highest BCUT2D eigenvalue weighted by Gasteiger charge is 2.15. The van der Waals surface area contributed by atoms with Crippen molar-refractivity contribution in [2.75, 3.05) is 24.2 Å². The van der Waals surface area contributed by atoms with Gasteiger partial charge in [0, 0.05) is 13.6 Å². The fourth-order valence-electron chi connectivity index (χ4n) is 2.49. The molecule has 1 aliphatic rings. The highest BCUT2D eigenvalue weighted by atomic mass is 15.1. The maximum absolute atomic E-state index is 5.58. The molecule has 1 fully saturated rings. The minimum Gasteiger partial charge on any atom is -0.384 e. The molecule has 16 heavy (non-hydrogen) atoms. The summed E-state index contributed by atoms with van der Waals surface area (Å²) in [4.78, 5) is 6.42. The second kappa shape index (κ2) is 5.19. The van der Waals surface area contributed by atoms with Gasteiger partial charge in [0.25, 0.3) is 0 Å². The van der Waals surface area contributed by atoms with E-state index in [4.69, 9.17) is 5.73 Å². The van der Waals surface area contributed by atoms with Crippen LogP contribution >= 0.6 is 0 Å². The lowest BCUT2D eigenvalue weighted by Gasteiger charge is -2.28. The van der Waals surface area contributed by atoms with Crippen molar-refractivity contribution in [1.29, 1.82) is 0 Å². The van der Waals surface area contributed by atoms with Crippen LogP contribution in [0, 0.1) is 5.92 Å². The van der Waals surface area contributed by atoms with Crippen LogP contribution in [0.3, 0.4) is 0 Å². The molecular weight excluding hydrogens is 198 g/mol. The van der Waals surface area contributed by atoms with Gasteiger partial charge in [-0.2, -0.15) is 0 Å². The maximum Gasteiger partial charge on any atom is 0.123 e. The third kappa shape index (κ3) is 2.87. The van der Waals surface area contributed by atoms with Crippen LogP contribution in [0.25, 0.3) is 0 Å². The minimum absolute atomic E-state index is 0.592. The van der Waals surface area contributed by atoms with Gasteiger partial charge in [-0.3, -0.25) is 0 Å². The first kappa shape index (κ1) is 11.2. The molecule has 0 radical (unpaired) electrons. The molecule has 1 heterocycles. The van der Waals surface area contributed by atoms with Crippen LogP contribution in [-0.4, -0.2) is 18.6 Å². The van der Waals surface area contributed by atoms with Gasteiger partial charge in [0.15, 0.2) is 0 Å². The summed E-state index contributed by atoms with van der Waals surface area (Å²) in [5, 5.41) is 0. The molecule has 2 rings (SSSR count). The summed E-state index contributed by atoms with van der Waals surface area (Å²) < 4.78 is 0. The molecule has 3 heteroatoms. The Morgan fingerprint density at radius 2 is 2.06 bits per heavy atom. The Labute approximate surface area is 97.7 Å². The lowest BCUT2D eigenvalue weighted by Crippen LogP contribution is -2.26. The number of aromatic nitrogens is 1. The first-order valence-electron chi connectivity index (χ1n) is 6.18. The van der Waals surface area contributed by atoms with E-state index in [2.05, 4.69) is 16.9 Å². The standard InChI is InChI=1S/C13H21N3/c1-16(10-11-5-3-2-4-6-11)12-7-8-13(14)15-9-12/h7-9,11H,2-6,10H2,1H3,(H2,14,15). The lowest BCUT2D eigenvalue weighted by atomic mass is 9.89. The highest BCUT2D eigenvalue weighted by molar-refractivity contribution is 5.47. The predicted molar refractivity (Wildman–Crippen MR) is 68.5 cm³/mol. The number of nitrogen functional groups attached to an aromatic ring is 1. The third-order valence-corrected chi connectivity index (χ3v) is 3.47. The van der Waals surface area contributed by atoms with Crippen molar-refractivity contribution in [2.45, 2.75) is 32.1 Å². The molecule has 2 N–H and O–H groups in total. The van der Waals surface area contributed by atoms with Crippen molar-refractivity contribution in [3.63, 3.8) is 0 Å². The smallest absolute Gasteiger partial charge is 0.123 e. The van der Waals surface area contributed by atoms with Gasteiger partial charge in [-0.1, -0.05) is 19.3 Å². The molecule has 0 aliphatic heterocycles. The Morgan fingerprint density at radius 3 is 2.69 bits per heavy atom. The molecule has 0 unspecified atom stereocenters. The van der Waals surface area contributed by atoms with E-state index >= 15 is 0 Å². The number of rotatable bonds is 3.